The molecule has 0 aliphatic carbocycles. The zero-order valence-corrected chi connectivity index (χ0v) is 16.0. The Bertz CT molecular complexity index is 770. The van der Waals surface area contributed by atoms with Crippen molar-refractivity contribution in [2.45, 2.75) is 25.4 Å². The highest BCUT2D eigenvalue weighted by molar-refractivity contribution is 7.14. The van der Waals surface area contributed by atoms with Crippen LogP contribution in [0.5, 0.6) is 0 Å². The standard InChI is InChI=1S/C20H25N3O3S/c21-19(26)16-9-13-27-20(16)22-17(24)8-12-23-10-6-15(7-11-23)18(25)14-4-2-1-3-5-14/h1-5,9,13,15,18,25H,6-8,10-12H2,(H2,21,26)(H,22,24). The van der Waals surface area contributed by atoms with Gasteiger partial charge in [-0.1, -0.05) is 30.3 Å². The summed E-state index contributed by atoms with van der Waals surface area (Å²) in [5.41, 5.74) is 6.61. The van der Waals surface area contributed by atoms with Gasteiger partial charge in [0, 0.05) is 13.0 Å². The Morgan fingerprint density at radius 1 is 1.22 bits per heavy atom. The number of primary amides is 1. The molecule has 27 heavy (non-hydrogen) atoms. The summed E-state index contributed by atoms with van der Waals surface area (Å²) in [6.45, 7) is 2.40. The van der Waals surface area contributed by atoms with E-state index in [1.807, 2.05) is 30.3 Å². The number of nitrogens with zero attached hydrogens (tertiary/aromatic N) is 1. The van der Waals surface area contributed by atoms with Crippen LogP contribution in [0.3, 0.4) is 0 Å². The second-order valence-electron chi connectivity index (χ2n) is 6.86. The summed E-state index contributed by atoms with van der Waals surface area (Å²) in [6, 6.07) is 11.4. The third-order valence-electron chi connectivity index (χ3n) is 5.06. The van der Waals surface area contributed by atoms with Crippen molar-refractivity contribution in [3.63, 3.8) is 0 Å². The van der Waals surface area contributed by atoms with Crippen molar-refractivity contribution in [2.75, 3.05) is 25.0 Å². The van der Waals surface area contributed by atoms with Gasteiger partial charge in [-0.2, -0.15) is 0 Å². The Kier molecular flexibility index (Phi) is 6.60. The predicted octanol–water partition coefficient (Wildman–Crippen LogP) is 2.62. The quantitative estimate of drug-likeness (QED) is 0.680. The van der Waals surface area contributed by atoms with Crippen LogP contribution in [0.25, 0.3) is 0 Å². The molecule has 7 heteroatoms. The van der Waals surface area contributed by atoms with Crippen LogP contribution in [0, 0.1) is 5.92 Å². The number of benzene rings is 1. The van der Waals surface area contributed by atoms with E-state index in [2.05, 4.69) is 10.2 Å². The molecule has 0 radical (unpaired) electrons. The van der Waals surface area contributed by atoms with Gasteiger partial charge in [-0.15, -0.1) is 11.3 Å². The lowest BCUT2D eigenvalue weighted by Gasteiger charge is -2.34. The van der Waals surface area contributed by atoms with Gasteiger partial charge in [-0.25, -0.2) is 0 Å². The van der Waals surface area contributed by atoms with Gasteiger partial charge in [-0.3, -0.25) is 9.59 Å². The molecule has 0 saturated carbocycles. The van der Waals surface area contributed by atoms with E-state index < -0.39 is 12.0 Å². The Morgan fingerprint density at radius 2 is 1.93 bits per heavy atom. The lowest BCUT2D eigenvalue weighted by Crippen LogP contribution is -2.37. The molecule has 1 aliphatic rings. The number of carbonyl (C=O) groups excluding carboxylic acids is 2. The van der Waals surface area contributed by atoms with Crippen LogP contribution < -0.4 is 11.1 Å². The maximum Gasteiger partial charge on any atom is 0.251 e. The molecule has 0 bridgehead atoms. The molecule has 2 amide bonds. The summed E-state index contributed by atoms with van der Waals surface area (Å²) in [6.07, 6.45) is 1.76. The molecule has 1 aromatic carbocycles. The molecule has 1 atom stereocenters. The van der Waals surface area contributed by atoms with Crippen molar-refractivity contribution >= 4 is 28.2 Å². The Hall–Kier alpha value is -2.22. The number of nitrogens with two attached hydrogens (primary N) is 1. The van der Waals surface area contributed by atoms with Crippen LogP contribution in [0.2, 0.25) is 0 Å². The van der Waals surface area contributed by atoms with E-state index in [1.54, 1.807) is 11.4 Å². The lowest BCUT2D eigenvalue weighted by atomic mass is 9.87. The van der Waals surface area contributed by atoms with E-state index in [4.69, 9.17) is 5.73 Å². The predicted molar refractivity (Wildman–Crippen MR) is 107 cm³/mol. The number of amides is 2. The number of hydrogen-bond donors (Lipinski definition) is 3. The summed E-state index contributed by atoms with van der Waals surface area (Å²) in [5, 5.41) is 15.6. The number of anilines is 1. The molecule has 1 saturated heterocycles. The largest absolute Gasteiger partial charge is 0.388 e. The number of likely N-dealkylation sites (tertiary alicyclic amines) is 1. The third kappa shape index (κ3) is 5.15. The first-order valence-electron chi connectivity index (χ1n) is 9.17. The van der Waals surface area contributed by atoms with Crippen LogP contribution in [0.15, 0.2) is 41.8 Å². The second kappa shape index (κ2) is 9.12. The van der Waals surface area contributed by atoms with Crippen molar-refractivity contribution in [1.29, 1.82) is 0 Å². The highest BCUT2D eigenvalue weighted by atomic mass is 32.1. The van der Waals surface area contributed by atoms with Crippen LogP contribution in [-0.4, -0.2) is 41.5 Å². The van der Waals surface area contributed by atoms with Gasteiger partial charge in [0.1, 0.15) is 5.00 Å². The van der Waals surface area contributed by atoms with Crippen LogP contribution >= 0.6 is 11.3 Å². The van der Waals surface area contributed by atoms with Crippen molar-refractivity contribution in [2.24, 2.45) is 11.7 Å². The number of nitrogens with one attached hydrogen (secondary N) is 1. The van der Waals surface area contributed by atoms with E-state index >= 15 is 0 Å². The molecule has 144 valence electrons. The van der Waals surface area contributed by atoms with Gasteiger partial charge in [0.2, 0.25) is 5.91 Å². The highest BCUT2D eigenvalue weighted by Gasteiger charge is 2.26. The molecule has 2 aromatic rings. The van der Waals surface area contributed by atoms with Gasteiger partial charge >= 0.3 is 0 Å². The molecule has 3 rings (SSSR count). The number of aliphatic hydroxyl groups is 1. The summed E-state index contributed by atoms with van der Waals surface area (Å²) >= 11 is 1.29. The van der Waals surface area contributed by atoms with Crippen LogP contribution in [-0.2, 0) is 4.79 Å². The van der Waals surface area contributed by atoms with Crippen LogP contribution in [0.4, 0.5) is 5.00 Å². The number of carbonyl (C=O) groups is 2. The van der Waals surface area contributed by atoms with Gasteiger partial charge in [-0.05, 0) is 48.9 Å². The number of aliphatic hydroxyl groups excluding tert-OH is 1. The highest BCUT2D eigenvalue weighted by Crippen LogP contribution is 2.30. The smallest absolute Gasteiger partial charge is 0.251 e. The average molecular weight is 388 g/mol. The zero-order valence-electron chi connectivity index (χ0n) is 15.1. The molecule has 0 spiro atoms. The first-order chi connectivity index (χ1) is 13.0. The first-order valence-corrected chi connectivity index (χ1v) is 10.0. The number of hydrogen-bond acceptors (Lipinski definition) is 5. The molecular formula is C20H25N3O3S. The summed E-state index contributed by atoms with van der Waals surface area (Å²) < 4.78 is 0. The van der Waals surface area contributed by atoms with E-state index in [0.717, 1.165) is 31.5 Å². The maximum absolute atomic E-state index is 12.2. The van der Waals surface area contributed by atoms with Crippen molar-refractivity contribution in [3.05, 3.63) is 52.9 Å². The molecule has 1 aliphatic heterocycles. The minimum Gasteiger partial charge on any atom is -0.388 e. The molecule has 1 unspecified atom stereocenters. The lowest BCUT2D eigenvalue weighted by molar-refractivity contribution is -0.116. The Balaban J connectivity index is 1.42. The normalized spacial score (nSPS) is 16.8. The molecule has 6 nitrogen and oxygen atoms in total. The third-order valence-corrected chi connectivity index (χ3v) is 5.89. The fraction of sp³-hybridized carbons (Fsp3) is 0.400. The van der Waals surface area contributed by atoms with E-state index in [0.29, 0.717) is 23.5 Å². The van der Waals surface area contributed by atoms with Gasteiger partial charge < -0.3 is 21.1 Å². The van der Waals surface area contributed by atoms with E-state index in [1.165, 1.54) is 11.3 Å². The molecule has 1 fully saturated rings. The average Bonchev–Trinajstić information content (AvgIpc) is 3.15. The maximum atomic E-state index is 12.2. The number of piperidine rings is 1. The number of rotatable bonds is 7. The molecule has 2 heterocycles. The second-order valence-corrected chi connectivity index (χ2v) is 7.78. The first kappa shape index (κ1) is 19.5. The van der Waals surface area contributed by atoms with Gasteiger partial charge in [0.15, 0.2) is 0 Å². The zero-order chi connectivity index (χ0) is 19.2. The fourth-order valence-electron chi connectivity index (χ4n) is 3.46. The monoisotopic (exact) mass is 387 g/mol. The molecule has 1 aromatic heterocycles. The van der Waals surface area contributed by atoms with Crippen molar-refractivity contribution < 1.29 is 14.7 Å². The molecule has 4 N–H and O–H groups in total. The Labute approximate surface area is 163 Å². The van der Waals surface area contributed by atoms with Crippen molar-refractivity contribution in [1.82, 2.24) is 4.90 Å². The van der Waals surface area contributed by atoms with Crippen LogP contribution in [0.1, 0.15) is 41.3 Å². The topological polar surface area (TPSA) is 95.7 Å². The summed E-state index contributed by atoms with van der Waals surface area (Å²) in [4.78, 5) is 25.7. The summed E-state index contributed by atoms with van der Waals surface area (Å²) in [5.74, 6) is -0.404. The SMILES string of the molecule is NC(=O)c1ccsc1NC(=O)CCN1CCC(C(O)c2ccccc2)CC1. The minimum atomic E-state index is -0.536. The Morgan fingerprint density at radius 3 is 2.59 bits per heavy atom. The van der Waals surface area contributed by atoms with Crippen molar-refractivity contribution in [3.8, 4) is 0 Å². The fourth-order valence-corrected chi connectivity index (χ4v) is 4.27. The van der Waals surface area contributed by atoms with E-state index in [9.17, 15) is 14.7 Å². The number of thiophene rings is 1. The van der Waals surface area contributed by atoms with Gasteiger partial charge in [0.25, 0.3) is 5.91 Å². The molecular weight excluding hydrogens is 362 g/mol. The summed E-state index contributed by atoms with van der Waals surface area (Å²) in [7, 11) is 0. The minimum absolute atomic E-state index is 0.119. The van der Waals surface area contributed by atoms with Gasteiger partial charge in [0.05, 0.1) is 11.7 Å². The van der Waals surface area contributed by atoms with E-state index in [-0.39, 0.29) is 11.8 Å².